The number of aryl methyl sites for hydroxylation is 2. The van der Waals surface area contributed by atoms with Crippen LogP contribution in [0, 0.1) is 13.8 Å². The second-order valence-corrected chi connectivity index (χ2v) is 8.62. The van der Waals surface area contributed by atoms with Crippen molar-refractivity contribution in [2.24, 2.45) is 5.73 Å². The molecule has 0 radical (unpaired) electrons. The Bertz CT molecular complexity index is 1350. The monoisotopic (exact) mass is 433 g/mol. The minimum absolute atomic E-state index is 0.102. The van der Waals surface area contributed by atoms with Crippen molar-refractivity contribution in [1.29, 1.82) is 0 Å². The van der Waals surface area contributed by atoms with Crippen LogP contribution in [-0.2, 0) is 0 Å². The van der Waals surface area contributed by atoms with Crippen LogP contribution in [0.25, 0.3) is 27.6 Å². The van der Waals surface area contributed by atoms with E-state index in [1.807, 2.05) is 32.0 Å². The van der Waals surface area contributed by atoms with E-state index in [0.29, 0.717) is 16.9 Å². The van der Waals surface area contributed by atoms with Gasteiger partial charge in [0, 0.05) is 29.4 Å². The summed E-state index contributed by atoms with van der Waals surface area (Å²) in [6.07, 6.45) is 3.74. The molecule has 1 fully saturated rings. The molecule has 3 aromatic heterocycles. The fourth-order valence-electron chi connectivity index (χ4n) is 4.58. The molecule has 0 atom stereocenters. The second-order valence-electron chi connectivity index (χ2n) is 8.62. The number of hydrogen-bond donors (Lipinski definition) is 3. The molecule has 5 rings (SSSR count). The number of nitrogens with two attached hydrogens (primary N) is 2. The van der Waals surface area contributed by atoms with E-state index in [1.165, 1.54) is 0 Å². The number of H-pyrrole nitrogens is 1. The molecule has 1 saturated heterocycles. The summed E-state index contributed by atoms with van der Waals surface area (Å²) in [7, 11) is 2.12. The fourth-order valence-corrected chi connectivity index (χ4v) is 4.58. The van der Waals surface area contributed by atoms with Crippen molar-refractivity contribution in [3.8, 4) is 11.6 Å². The molecule has 4 aromatic rings. The SMILES string of the molecule is Cc1cc2c(C(N)=O)c(N)n(-c3c(C)ccc4[nH]ncc34)c2nc1OC1CCN(C)CC1. The van der Waals surface area contributed by atoms with Gasteiger partial charge in [0.2, 0.25) is 5.88 Å². The van der Waals surface area contributed by atoms with Gasteiger partial charge in [0.1, 0.15) is 11.9 Å². The molecule has 4 heterocycles. The molecule has 9 heteroatoms. The van der Waals surface area contributed by atoms with E-state index in [0.717, 1.165) is 53.6 Å². The van der Waals surface area contributed by atoms with Crippen LogP contribution < -0.4 is 16.2 Å². The number of aromatic amines is 1. The predicted octanol–water partition coefficient (Wildman–Crippen LogP) is 2.67. The largest absolute Gasteiger partial charge is 0.474 e. The van der Waals surface area contributed by atoms with E-state index in [9.17, 15) is 4.79 Å². The number of piperidine rings is 1. The van der Waals surface area contributed by atoms with Gasteiger partial charge in [-0.25, -0.2) is 0 Å². The van der Waals surface area contributed by atoms with Gasteiger partial charge in [-0.2, -0.15) is 10.1 Å². The Labute approximate surface area is 185 Å². The summed E-state index contributed by atoms with van der Waals surface area (Å²) >= 11 is 0. The van der Waals surface area contributed by atoms with Crippen molar-refractivity contribution in [3.63, 3.8) is 0 Å². The summed E-state index contributed by atoms with van der Waals surface area (Å²) in [5.41, 5.74) is 16.6. The molecule has 1 amide bonds. The smallest absolute Gasteiger partial charge is 0.253 e. The second kappa shape index (κ2) is 7.52. The van der Waals surface area contributed by atoms with Gasteiger partial charge >= 0.3 is 0 Å². The number of fused-ring (bicyclic) bond motifs is 2. The van der Waals surface area contributed by atoms with E-state index < -0.39 is 5.91 Å². The standard InChI is InChI=1S/C23H27N7O2/c1-12-4-5-17-16(11-26-28-17)19(12)30-20(24)18(21(25)31)15-10-13(2)23(27-22(15)30)32-14-6-8-29(3)9-7-14/h4-5,10-11,14H,6-9,24H2,1-3H3,(H2,25,31)(H,26,28). The fraction of sp³-hybridized carbons (Fsp3) is 0.348. The third-order valence-electron chi connectivity index (χ3n) is 6.34. The highest BCUT2D eigenvalue weighted by Crippen LogP contribution is 2.37. The Balaban J connectivity index is 1.73. The third kappa shape index (κ3) is 3.16. The van der Waals surface area contributed by atoms with Crippen LogP contribution in [-0.4, -0.2) is 56.8 Å². The quantitative estimate of drug-likeness (QED) is 0.454. The Morgan fingerprint density at radius 2 is 1.94 bits per heavy atom. The van der Waals surface area contributed by atoms with E-state index in [-0.39, 0.29) is 17.5 Å². The van der Waals surface area contributed by atoms with E-state index in [4.69, 9.17) is 21.2 Å². The first-order valence-corrected chi connectivity index (χ1v) is 10.7. The summed E-state index contributed by atoms with van der Waals surface area (Å²) in [4.78, 5) is 19.5. The number of likely N-dealkylation sites (tertiary alicyclic amines) is 1. The maximum absolute atomic E-state index is 12.4. The molecule has 0 aliphatic carbocycles. The normalized spacial score (nSPS) is 15.6. The molecule has 0 unspecified atom stereocenters. The number of nitrogens with one attached hydrogen (secondary N) is 1. The van der Waals surface area contributed by atoms with E-state index in [2.05, 4.69) is 22.1 Å². The molecule has 0 bridgehead atoms. The molecule has 1 aliphatic heterocycles. The first-order valence-electron chi connectivity index (χ1n) is 10.7. The number of anilines is 1. The summed E-state index contributed by atoms with van der Waals surface area (Å²) < 4.78 is 8.11. The maximum Gasteiger partial charge on any atom is 0.253 e. The van der Waals surface area contributed by atoms with Gasteiger partial charge < -0.3 is 21.1 Å². The summed E-state index contributed by atoms with van der Waals surface area (Å²) in [6, 6.07) is 5.84. The van der Waals surface area contributed by atoms with Gasteiger partial charge in [-0.1, -0.05) is 6.07 Å². The first-order chi connectivity index (χ1) is 15.3. The van der Waals surface area contributed by atoms with Crippen molar-refractivity contribution in [2.75, 3.05) is 25.9 Å². The number of amides is 1. The number of ether oxygens (including phenoxy) is 1. The molecule has 166 valence electrons. The van der Waals surface area contributed by atoms with Crippen molar-refractivity contribution < 1.29 is 9.53 Å². The zero-order valence-electron chi connectivity index (χ0n) is 18.5. The number of benzene rings is 1. The van der Waals surface area contributed by atoms with Crippen molar-refractivity contribution in [2.45, 2.75) is 32.8 Å². The van der Waals surface area contributed by atoms with Crippen molar-refractivity contribution in [3.05, 3.63) is 41.1 Å². The average Bonchev–Trinajstić information content (AvgIpc) is 3.32. The summed E-state index contributed by atoms with van der Waals surface area (Å²) in [5.74, 6) is 0.222. The highest BCUT2D eigenvalue weighted by Gasteiger charge is 2.26. The van der Waals surface area contributed by atoms with Gasteiger partial charge in [-0.05, 0) is 51.4 Å². The number of nitrogens with zero attached hydrogens (tertiary/aromatic N) is 4. The van der Waals surface area contributed by atoms with Gasteiger partial charge in [-0.15, -0.1) is 0 Å². The molecule has 32 heavy (non-hydrogen) atoms. The Hall–Kier alpha value is -3.59. The zero-order valence-corrected chi connectivity index (χ0v) is 18.5. The number of aromatic nitrogens is 4. The number of nitrogen functional groups attached to an aromatic ring is 1. The van der Waals surface area contributed by atoms with Gasteiger partial charge in [0.25, 0.3) is 5.91 Å². The summed E-state index contributed by atoms with van der Waals surface area (Å²) in [6.45, 7) is 5.89. The molecule has 1 aromatic carbocycles. The topological polar surface area (TPSA) is 128 Å². The Kier molecular flexibility index (Phi) is 4.78. The van der Waals surface area contributed by atoms with Gasteiger partial charge in [0.15, 0.2) is 5.65 Å². The highest BCUT2D eigenvalue weighted by atomic mass is 16.5. The zero-order chi connectivity index (χ0) is 22.6. The van der Waals surface area contributed by atoms with Crippen LogP contribution in [0.2, 0.25) is 0 Å². The van der Waals surface area contributed by atoms with Crippen LogP contribution in [0.1, 0.15) is 34.3 Å². The van der Waals surface area contributed by atoms with Crippen molar-refractivity contribution >= 4 is 33.7 Å². The Morgan fingerprint density at radius 1 is 1.19 bits per heavy atom. The van der Waals surface area contributed by atoms with E-state index in [1.54, 1.807) is 10.8 Å². The Morgan fingerprint density at radius 3 is 2.66 bits per heavy atom. The van der Waals surface area contributed by atoms with E-state index >= 15 is 0 Å². The number of primary amides is 1. The molecular formula is C23H27N7O2. The molecule has 0 saturated carbocycles. The molecule has 1 aliphatic rings. The van der Waals surface area contributed by atoms with Gasteiger partial charge in [0.05, 0.1) is 23.0 Å². The third-order valence-corrected chi connectivity index (χ3v) is 6.34. The number of carbonyl (C=O) groups excluding carboxylic acids is 1. The molecule has 0 spiro atoms. The lowest BCUT2D eigenvalue weighted by atomic mass is 10.1. The summed E-state index contributed by atoms with van der Waals surface area (Å²) in [5, 5.41) is 8.66. The van der Waals surface area contributed by atoms with Gasteiger partial charge in [-0.3, -0.25) is 14.5 Å². The van der Waals surface area contributed by atoms with Crippen LogP contribution in [0.3, 0.4) is 0 Å². The number of carbonyl (C=O) groups is 1. The van der Waals surface area contributed by atoms with Crippen molar-refractivity contribution in [1.82, 2.24) is 24.6 Å². The minimum atomic E-state index is -0.589. The first kappa shape index (κ1) is 20.3. The number of hydrogen-bond acceptors (Lipinski definition) is 6. The molecule has 5 N–H and O–H groups in total. The van der Waals surface area contributed by atoms with Crippen LogP contribution in [0.5, 0.6) is 5.88 Å². The average molecular weight is 434 g/mol. The van der Waals surface area contributed by atoms with Crippen LogP contribution in [0.15, 0.2) is 24.4 Å². The number of rotatable bonds is 4. The lowest BCUT2D eigenvalue weighted by molar-refractivity contribution is 0.100. The molecular weight excluding hydrogens is 406 g/mol. The lowest BCUT2D eigenvalue weighted by Gasteiger charge is -2.29. The van der Waals surface area contributed by atoms with Crippen LogP contribution in [0.4, 0.5) is 5.82 Å². The maximum atomic E-state index is 12.4. The predicted molar refractivity (Wildman–Crippen MR) is 124 cm³/mol. The lowest BCUT2D eigenvalue weighted by Crippen LogP contribution is -2.35. The molecule has 9 nitrogen and oxygen atoms in total. The highest BCUT2D eigenvalue weighted by molar-refractivity contribution is 6.11. The van der Waals surface area contributed by atoms with Crippen LogP contribution >= 0.6 is 0 Å². The number of pyridine rings is 1. The minimum Gasteiger partial charge on any atom is -0.474 e.